The average molecular weight is 481 g/mol. The molecular weight excluding hydrogens is 444 g/mol. The van der Waals surface area contributed by atoms with E-state index in [-0.39, 0.29) is 17.9 Å². The highest BCUT2D eigenvalue weighted by Crippen LogP contribution is 2.39. The van der Waals surface area contributed by atoms with Crippen LogP contribution in [0.25, 0.3) is 0 Å². The van der Waals surface area contributed by atoms with Crippen molar-refractivity contribution in [3.8, 4) is 11.5 Å². The molecule has 0 bridgehead atoms. The Balaban J connectivity index is 1.33. The number of anilines is 2. The van der Waals surface area contributed by atoms with Gasteiger partial charge in [-0.2, -0.15) is 0 Å². The zero-order valence-electron chi connectivity index (χ0n) is 20.7. The Hall–Kier alpha value is -2.97. The summed E-state index contributed by atoms with van der Waals surface area (Å²) in [5.41, 5.74) is 3.57. The highest BCUT2D eigenvalue weighted by molar-refractivity contribution is 5.82. The molecule has 0 aromatic heterocycles. The molecule has 8 nitrogen and oxygen atoms in total. The second-order valence-corrected chi connectivity index (χ2v) is 9.46. The lowest BCUT2D eigenvalue weighted by Gasteiger charge is -2.49. The molecule has 3 aliphatic heterocycles. The first kappa shape index (κ1) is 23.8. The van der Waals surface area contributed by atoms with Crippen molar-refractivity contribution in [3.63, 3.8) is 0 Å². The number of ether oxygens (including phenoxy) is 3. The minimum absolute atomic E-state index is 0.0915. The average Bonchev–Trinajstić information content (AvgIpc) is 2.92. The van der Waals surface area contributed by atoms with Gasteiger partial charge in [0, 0.05) is 63.3 Å². The number of carbonyl (C=O) groups is 1. The number of hydrogen-bond acceptors (Lipinski definition) is 7. The van der Waals surface area contributed by atoms with Crippen LogP contribution in [0, 0.1) is 5.92 Å². The molecule has 0 radical (unpaired) electrons. The molecule has 3 aliphatic rings. The number of rotatable bonds is 7. The predicted molar refractivity (Wildman–Crippen MR) is 137 cm³/mol. The van der Waals surface area contributed by atoms with Gasteiger partial charge in [0.2, 0.25) is 5.91 Å². The summed E-state index contributed by atoms with van der Waals surface area (Å²) in [6, 6.07) is 14.5. The topological polar surface area (TPSA) is 66.5 Å². The Morgan fingerprint density at radius 1 is 1.00 bits per heavy atom. The highest BCUT2D eigenvalue weighted by Gasteiger charge is 2.41. The van der Waals surface area contributed by atoms with Crippen LogP contribution in [0.4, 0.5) is 11.4 Å². The lowest BCUT2D eigenvalue weighted by molar-refractivity contribution is -0.125. The van der Waals surface area contributed by atoms with E-state index in [0.29, 0.717) is 6.54 Å². The van der Waals surface area contributed by atoms with Crippen molar-refractivity contribution < 1.29 is 19.0 Å². The van der Waals surface area contributed by atoms with Gasteiger partial charge in [0.15, 0.2) is 0 Å². The SMILES string of the molecule is COc1ccc(N2CCN3c4cc(OC)ccc4C[C@@H](C(=O)NCCN4CCOCC4)[C@H]3C2)cc1. The molecule has 8 heteroatoms. The van der Waals surface area contributed by atoms with Crippen LogP contribution in [0.15, 0.2) is 42.5 Å². The van der Waals surface area contributed by atoms with Gasteiger partial charge < -0.3 is 29.3 Å². The number of piperazine rings is 1. The smallest absolute Gasteiger partial charge is 0.225 e. The van der Waals surface area contributed by atoms with Crippen LogP contribution < -0.4 is 24.6 Å². The molecular formula is C27H36N4O4. The molecule has 0 unspecified atom stereocenters. The van der Waals surface area contributed by atoms with E-state index in [0.717, 1.165) is 76.1 Å². The number of nitrogens with one attached hydrogen (secondary N) is 1. The van der Waals surface area contributed by atoms with E-state index < -0.39 is 0 Å². The first-order valence-corrected chi connectivity index (χ1v) is 12.6. The van der Waals surface area contributed by atoms with Crippen LogP contribution in [-0.2, 0) is 16.0 Å². The van der Waals surface area contributed by atoms with E-state index in [4.69, 9.17) is 14.2 Å². The Labute approximate surface area is 207 Å². The lowest BCUT2D eigenvalue weighted by atomic mass is 9.83. The molecule has 2 saturated heterocycles. The standard InChI is InChI=1S/C27H36N4O4/c1-33-22-7-4-21(5-8-22)30-11-12-31-25-18-23(34-2)6-3-20(25)17-24(26(31)19-30)27(32)28-9-10-29-13-15-35-16-14-29/h3-8,18,24,26H,9-17,19H2,1-2H3,(H,28,32)/t24-,26-/m1/s1. The number of amides is 1. The Bertz CT molecular complexity index is 1010. The maximum Gasteiger partial charge on any atom is 0.225 e. The van der Waals surface area contributed by atoms with Crippen LogP contribution in [0.1, 0.15) is 5.56 Å². The molecule has 188 valence electrons. The summed E-state index contributed by atoms with van der Waals surface area (Å²) >= 11 is 0. The van der Waals surface area contributed by atoms with E-state index in [1.807, 2.05) is 18.2 Å². The number of methoxy groups -OCH3 is 2. The zero-order chi connectivity index (χ0) is 24.2. The summed E-state index contributed by atoms with van der Waals surface area (Å²) in [5, 5.41) is 3.25. The van der Waals surface area contributed by atoms with E-state index in [2.05, 4.69) is 44.3 Å². The van der Waals surface area contributed by atoms with E-state index in [9.17, 15) is 4.79 Å². The first-order chi connectivity index (χ1) is 17.2. The van der Waals surface area contributed by atoms with Crippen molar-refractivity contribution in [2.24, 2.45) is 5.92 Å². The zero-order valence-corrected chi connectivity index (χ0v) is 20.7. The first-order valence-electron chi connectivity index (χ1n) is 12.6. The Kier molecular flexibility index (Phi) is 7.29. The molecule has 35 heavy (non-hydrogen) atoms. The molecule has 1 N–H and O–H groups in total. The van der Waals surface area contributed by atoms with Gasteiger partial charge in [-0.3, -0.25) is 9.69 Å². The lowest BCUT2D eigenvalue weighted by Crippen LogP contribution is -2.61. The van der Waals surface area contributed by atoms with Crippen LogP contribution in [-0.4, -0.2) is 90.1 Å². The molecule has 2 atom stereocenters. The molecule has 5 rings (SSSR count). The fraction of sp³-hybridized carbons (Fsp3) is 0.519. The number of benzene rings is 2. The number of morpholine rings is 1. The van der Waals surface area contributed by atoms with Crippen molar-refractivity contribution >= 4 is 17.3 Å². The summed E-state index contributed by atoms with van der Waals surface area (Å²) in [5.74, 6) is 1.74. The third kappa shape index (κ3) is 5.18. The van der Waals surface area contributed by atoms with Gasteiger partial charge in [0.05, 0.1) is 39.4 Å². The Morgan fingerprint density at radius 3 is 2.49 bits per heavy atom. The molecule has 2 aromatic rings. The van der Waals surface area contributed by atoms with Crippen molar-refractivity contribution in [1.29, 1.82) is 0 Å². The maximum atomic E-state index is 13.5. The minimum Gasteiger partial charge on any atom is -0.497 e. The minimum atomic E-state index is -0.110. The largest absolute Gasteiger partial charge is 0.497 e. The summed E-state index contributed by atoms with van der Waals surface area (Å²) in [6.07, 6.45) is 0.736. The fourth-order valence-corrected chi connectivity index (χ4v) is 5.53. The second kappa shape index (κ2) is 10.7. The molecule has 2 fully saturated rings. The number of hydrogen-bond donors (Lipinski definition) is 1. The molecule has 2 aromatic carbocycles. The molecule has 3 heterocycles. The normalized spacial score (nSPS) is 22.2. The number of fused-ring (bicyclic) bond motifs is 3. The number of carbonyl (C=O) groups excluding carboxylic acids is 1. The van der Waals surface area contributed by atoms with Gasteiger partial charge in [0.1, 0.15) is 11.5 Å². The number of nitrogens with zero attached hydrogens (tertiary/aromatic N) is 3. The van der Waals surface area contributed by atoms with E-state index >= 15 is 0 Å². The third-order valence-corrected chi connectivity index (χ3v) is 7.53. The Morgan fingerprint density at radius 2 is 1.74 bits per heavy atom. The summed E-state index contributed by atoms with van der Waals surface area (Å²) < 4.78 is 16.3. The summed E-state index contributed by atoms with van der Waals surface area (Å²) in [4.78, 5) is 20.7. The highest BCUT2D eigenvalue weighted by atomic mass is 16.5. The summed E-state index contributed by atoms with van der Waals surface area (Å²) in [7, 11) is 3.39. The monoisotopic (exact) mass is 480 g/mol. The van der Waals surface area contributed by atoms with Crippen LogP contribution in [0.2, 0.25) is 0 Å². The van der Waals surface area contributed by atoms with Crippen LogP contribution in [0.5, 0.6) is 11.5 Å². The van der Waals surface area contributed by atoms with Crippen molar-refractivity contribution in [2.45, 2.75) is 12.5 Å². The maximum absolute atomic E-state index is 13.5. The van der Waals surface area contributed by atoms with Gasteiger partial charge >= 0.3 is 0 Å². The quantitative estimate of drug-likeness (QED) is 0.651. The van der Waals surface area contributed by atoms with Gasteiger partial charge in [-0.05, 0) is 42.3 Å². The summed E-state index contributed by atoms with van der Waals surface area (Å²) in [6.45, 7) is 7.49. The van der Waals surface area contributed by atoms with Crippen molar-refractivity contribution in [2.75, 3.05) is 83.0 Å². The van der Waals surface area contributed by atoms with Crippen molar-refractivity contribution in [3.05, 3.63) is 48.0 Å². The van der Waals surface area contributed by atoms with E-state index in [1.54, 1.807) is 14.2 Å². The predicted octanol–water partition coefficient (Wildman–Crippen LogP) is 2.02. The van der Waals surface area contributed by atoms with Gasteiger partial charge in [0.25, 0.3) is 0 Å². The van der Waals surface area contributed by atoms with Crippen LogP contribution in [0.3, 0.4) is 0 Å². The molecule has 0 spiro atoms. The fourth-order valence-electron chi connectivity index (χ4n) is 5.53. The third-order valence-electron chi connectivity index (χ3n) is 7.53. The van der Waals surface area contributed by atoms with Crippen LogP contribution >= 0.6 is 0 Å². The second-order valence-electron chi connectivity index (χ2n) is 9.46. The van der Waals surface area contributed by atoms with Gasteiger partial charge in [-0.15, -0.1) is 0 Å². The van der Waals surface area contributed by atoms with Gasteiger partial charge in [-0.1, -0.05) is 6.07 Å². The molecule has 0 saturated carbocycles. The van der Waals surface area contributed by atoms with Crippen molar-refractivity contribution in [1.82, 2.24) is 10.2 Å². The molecule has 1 amide bonds. The van der Waals surface area contributed by atoms with Gasteiger partial charge in [-0.25, -0.2) is 0 Å². The van der Waals surface area contributed by atoms with E-state index in [1.165, 1.54) is 11.3 Å². The molecule has 0 aliphatic carbocycles.